The molecule has 0 unspecified atom stereocenters. The summed E-state index contributed by atoms with van der Waals surface area (Å²) in [5.74, 6) is -0.640. The molecule has 0 radical (unpaired) electrons. The lowest BCUT2D eigenvalue weighted by Crippen LogP contribution is -2.06. The maximum absolute atomic E-state index is 11.4. The van der Waals surface area contributed by atoms with Crippen LogP contribution in [0.15, 0.2) is 39.3 Å². The quantitative estimate of drug-likeness (QED) is 0.792. The number of carbonyl (C=O) groups excluding carboxylic acids is 1. The highest BCUT2D eigenvalue weighted by Crippen LogP contribution is 2.30. The van der Waals surface area contributed by atoms with Crippen LogP contribution >= 0.6 is 0 Å². The smallest absolute Gasteiger partial charge is 0.282 e. The van der Waals surface area contributed by atoms with E-state index in [1.165, 1.54) is 19.2 Å². The molecular formula is C9H7N3O4S. The van der Waals surface area contributed by atoms with Gasteiger partial charge in [0.2, 0.25) is 0 Å². The van der Waals surface area contributed by atoms with Crippen LogP contribution in [0.5, 0.6) is 0 Å². The molecule has 2 rings (SSSR count). The highest BCUT2D eigenvalue weighted by atomic mass is 32.2. The van der Waals surface area contributed by atoms with Crippen molar-refractivity contribution in [3.63, 3.8) is 0 Å². The molecule has 0 saturated carbocycles. The number of hydrogen-bond donors (Lipinski definition) is 1. The van der Waals surface area contributed by atoms with Crippen molar-refractivity contribution in [1.82, 2.24) is 4.98 Å². The average Bonchev–Trinajstić information content (AvgIpc) is 2.57. The fraction of sp³-hybridized carbons (Fsp3) is 0.111. The monoisotopic (exact) mass is 253 g/mol. The minimum Gasteiger partial charge on any atom is -0.282 e. The normalized spacial score (nSPS) is 15.8. The first-order chi connectivity index (χ1) is 7.91. The minimum atomic E-state index is -4.45. The number of aromatic nitrogens is 1. The molecule has 0 aromatic carbocycles. The number of hydrogen-bond acceptors (Lipinski definition) is 5. The number of pyridine rings is 1. The Kier molecular flexibility index (Phi) is 2.60. The molecule has 0 fully saturated rings. The average molecular weight is 253 g/mol. The Labute approximate surface area is 96.7 Å². The fourth-order valence-corrected chi connectivity index (χ4v) is 2.12. The molecule has 7 nitrogen and oxygen atoms in total. The van der Waals surface area contributed by atoms with Crippen molar-refractivity contribution in [2.75, 3.05) is 0 Å². The lowest BCUT2D eigenvalue weighted by Gasteiger charge is -2.05. The second kappa shape index (κ2) is 3.82. The predicted molar refractivity (Wildman–Crippen MR) is 56.5 cm³/mol. The second-order valence-corrected chi connectivity index (χ2v) is 4.70. The van der Waals surface area contributed by atoms with Gasteiger partial charge in [-0.3, -0.25) is 14.3 Å². The van der Waals surface area contributed by atoms with E-state index in [1.807, 2.05) is 0 Å². The zero-order chi connectivity index (χ0) is 12.6. The summed E-state index contributed by atoms with van der Waals surface area (Å²) in [6.07, 6.45) is 2.28. The maximum atomic E-state index is 11.4. The van der Waals surface area contributed by atoms with Gasteiger partial charge >= 0.3 is 0 Å². The largest absolute Gasteiger partial charge is 0.297 e. The van der Waals surface area contributed by atoms with Crippen LogP contribution in [-0.4, -0.2) is 23.9 Å². The van der Waals surface area contributed by atoms with E-state index in [-0.39, 0.29) is 11.1 Å². The zero-order valence-corrected chi connectivity index (χ0v) is 9.47. The van der Waals surface area contributed by atoms with Crippen LogP contribution in [0.3, 0.4) is 0 Å². The summed E-state index contributed by atoms with van der Waals surface area (Å²) in [6, 6.07) is 1.32. The Balaban J connectivity index is 2.71. The molecular weight excluding hydrogens is 246 g/mol. The summed E-state index contributed by atoms with van der Waals surface area (Å²) >= 11 is 0. The molecule has 17 heavy (non-hydrogen) atoms. The van der Waals surface area contributed by atoms with E-state index in [0.29, 0.717) is 5.70 Å². The molecule has 1 aromatic rings. The minimum absolute atomic E-state index is 0.0509. The third kappa shape index (κ3) is 1.99. The van der Waals surface area contributed by atoms with Gasteiger partial charge in [-0.25, -0.2) is 0 Å². The summed E-state index contributed by atoms with van der Waals surface area (Å²) in [5.41, 5.74) is 0.404. The molecule has 8 heteroatoms. The van der Waals surface area contributed by atoms with Crippen LogP contribution in [-0.2, 0) is 14.9 Å². The summed E-state index contributed by atoms with van der Waals surface area (Å²) in [7, 11) is -4.45. The van der Waals surface area contributed by atoms with Crippen molar-refractivity contribution in [3.8, 4) is 0 Å². The predicted octanol–water partition coefficient (Wildman–Crippen LogP) is 1.05. The lowest BCUT2D eigenvalue weighted by molar-refractivity contribution is -0.112. The van der Waals surface area contributed by atoms with Gasteiger partial charge in [0.05, 0.1) is 11.3 Å². The van der Waals surface area contributed by atoms with Crippen LogP contribution in [0.1, 0.15) is 12.5 Å². The van der Waals surface area contributed by atoms with Crippen molar-refractivity contribution in [2.24, 2.45) is 10.2 Å². The Morgan fingerprint density at radius 1 is 1.29 bits per heavy atom. The van der Waals surface area contributed by atoms with Gasteiger partial charge < -0.3 is 0 Å². The molecule has 0 aliphatic carbocycles. The molecule has 0 atom stereocenters. The molecule has 1 aliphatic heterocycles. The van der Waals surface area contributed by atoms with Gasteiger partial charge in [0.25, 0.3) is 16.0 Å². The molecule has 0 spiro atoms. The summed E-state index contributed by atoms with van der Waals surface area (Å²) in [4.78, 5) is 14.6. The van der Waals surface area contributed by atoms with Crippen molar-refractivity contribution >= 4 is 21.6 Å². The molecule has 0 saturated heterocycles. The zero-order valence-electron chi connectivity index (χ0n) is 8.65. The SMILES string of the molecule is CC1=C(c2ccncc2S(=O)(=O)O)C(=O)N=N1. The Morgan fingerprint density at radius 3 is 2.53 bits per heavy atom. The highest BCUT2D eigenvalue weighted by Gasteiger charge is 2.26. The molecule has 88 valence electrons. The van der Waals surface area contributed by atoms with Crippen molar-refractivity contribution < 1.29 is 17.8 Å². The van der Waals surface area contributed by atoms with Crippen LogP contribution in [0.25, 0.3) is 5.57 Å². The van der Waals surface area contributed by atoms with Gasteiger partial charge in [-0.15, -0.1) is 5.11 Å². The first-order valence-electron chi connectivity index (χ1n) is 4.50. The molecule has 0 bridgehead atoms. The molecule has 1 aliphatic rings. The highest BCUT2D eigenvalue weighted by molar-refractivity contribution is 7.85. The number of rotatable bonds is 2. The first-order valence-corrected chi connectivity index (χ1v) is 5.94. The molecule has 1 amide bonds. The number of carbonyl (C=O) groups is 1. The summed E-state index contributed by atoms with van der Waals surface area (Å²) in [6.45, 7) is 1.53. The van der Waals surface area contributed by atoms with Crippen LogP contribution in [0, 0.1) is 0 Å². The molecule has 1 N–H and O–H groups in total. The van der Waals surface area contributed by atoms with E-state index in [2.05, 4.69) is 15.2 Å². The van der Waals surface area contributed by atoms with Crippen LogP contribution in [0.4, 0.5) is 0 Å². The first kappa shape index (κ1) is 11.6. The number of amides is 1. The van der Waals surface area contributed by atoms with Gasteiger partial charge in [0, 0.05) is 18.0 Å². The van der Waals surface area contributed by atoms with Gasteiger partial charge in [0.15, 0.2) is 0 Å². The number of azo groups is 1. The van der Waals surface area contributed by atoms with Crippen molar-refractivity contribution in [1.29, 1.82) is 0 Å². The lowest BCUT2D eigenvalue weighted by atomic mass is 10.1. The van der Waals surface area contributed by atoms with Crippen LogP contribution < -0.4 is 0 Å². The standard InChI is InChI=1S/C9H7N3O4S/c1-5-8(9(13)12-11-5)6-2-3-10-4-7(6)17(14,15)16/h2-4H,1H3,(H,14,15,16). The van der Waals surface area contributed by atoms with Gasteiger partial charge in [-0.05, 0) is 13.0 Å². The summed E-state index contributed by atoms with van der Waals surface area (Å²) in [5, 5.41) is 6.87. The van der Waals surface area contributed by atoms with Gasteiger partial charge in [0.1, 0.15) is 4.90 Å². The topological polar surface area (TPSA) is 109 Å². The maximum Gasteiger partial charge on any atom is 0.297 e. The number of nitrogens with zero attached hydrogens (tertiary/aromatic N) is 3. The third-order valence-corrected chi connectivity index (χ3v) is 3.08. The third-order valence-electron chi connectivity index (χ3n) is 2.20. The van der Waals surface area contributed by atoms with E-state index >= 15 is 0 Å². The van der Waals surface area contributed by atoms with Crippen molar-refractivity contribution in [3.05, 3.63) is 29.7 Å². The summed E-state index contributed by atoms with van der Waals surface area (Å²) < 4.78 is 31.3. The fourth-order valence-electron chi connectivity index (χ4n) is 1.48. The van der Waals surface area contributed by atoms with Crippen molar-refractivity contribution in [2.45, 2.75) is 11.8 Å². The molecule has 1 aromatic heterocycles. The Hall–Kier alpha value is -1.93. The Bertz CT molecular complexity index is 661. The van der Waals surface area contributed by atoms with E-state index in [1.54, 1.807) is 0 Å². The van der Waals surface area contributed by atoms with E-state index in [0.717, 1.165) is 6.20 Å². The second-order valence-electron chi connectivity index (χ2n) is 3.31. The van der Waals surface area contributed by atoms with Gasteiger partial charge in [-0.1, -0.05) is 0 Å². The molecule has 2 heterocycles. The van der Waals surface area contributed by atoms with E-state index in [4.69, 9.17) is 4.55 Å². The van der Waals surface area contributed by atoms with Crippen LogP contribution in [0.2, 0.25) is 0 Å². The van der Waals surface area contributed by atoms with E-state index in [9.17, 15) is 13.2 Å². The number of allylic oxidation sites excluding steroid dienone is 1. The Morgan fingerprint density at radius 2 is 2.00 bits per heavy atom. The van der Waals surface area contributed by atoms with Gasteiger partial charge in [-0.2, -0.15) is 13.5 Å². The van der Waals surface area contributed by atoms with E-state index < -0.39 is 20.9 Å².